The number of hydrogen-bond donors (Lipinski definition) is 3. The molecule has 0 saturated heterocycles. The number of carbonyl (C=O) groups is 1. The Kier molecular flexibility index (Phi) is 8.17. The van der Waals surface area contributed by atoms with Crippen molar-refractivity contribution < 1.29 is 4.79 Å². The predicted molar refractivity (Wildman–Crippen MR) is 222 cm³/mol. The number of fused-ring (bicyclic) bond motifs is 8. The zero-order valence-corrected chi connectivity index (χ0v) is 29.9. The molecule has 7 heteroatoms. The molecule has 5 heterocycles. The van der Waals surface area contributed by atoms with Crippen molar-refractivity contribution in [2.75, 3.05) is 5.32 Å². The number of rotatable bonds is 5. The average Bonchev–Trinajstić information content (AvgIpc) is 4.01. The molecule has 8 bridgehead atoms. The number of nitrogens with zero attached hydrogens (tertiary/aromatic N) is 2. The first-order chi connectivity index (χ1) is 25.6. The lowest BCUT2D eigenvalue weighted by Gasteiger charge is -2.09. The quantitative estimate of drug-likeness (QED) is 0.152. The minimum Gasteiger partial charge on any atom is -0.355 e. The Hall–Kier alpha value is -6.32. The number of anilines is 1. The molecule has 2 aliphatic heterocycles. The van der Waals surface area contributed by atoms with Crippen LogP contribution >= 0.6 is 22.6 Å². The van der Waals surface area contributed by atoms with Crippen LogP contribution in [0, 0.1) is 3.57 Å². The Morgan fingerprint density at radius 3 is 1.46 bits per heavy atom. The van der Waals surface area contributed by atoms with E-state index in [0.717, 1.165) is 81.8 Å². The van der Waals surface area contributed by atoms with Crippen LogP contribution in [0.15, 0.2) is 140 Å². The number of benzene rings is 4. The van der Waals surface area contributed by atoms with Gasteiger partial charge in [0, 0.05) is 53.6 Å². The van der Waals surface area contributed by atoms with Crippen molar-refractivity contribution in [1.29, 1.82) is 0 Å². The maximum atomic E-state index is 13.0. The van der Waals surface area contributed by atoms with E-state index in [2.05, 4.69) is 117 Å². The van der Waals surface area contributed by atoms with Crippen molar-refractivity contribution in [3.63, 3.8) is 0 Å². The van der Waals surface area contributed by atoms with E-state index in [0.29, 0.717) is 11.3 Å². The summed E-state index contributed by atoms with van der Waals surface area (Å²) in [4.78, 5) is 30.9. The fourth-order valence-corrected chi connectivity index (χ4v) is 7.14. The van der Waals surface area contributed by atoms with Gasteiger partial charge in [-0.1, -0.05) is 72.8 Å². The lowest BCUT2D eigenvalue weighted by Crippen LogP contribution is -2.11. The van der Waals surface area contributed by atoms with Gasteiger partial charge < -0.3 is 15.3 Å². The minimum atomic E-state index is -0.156. The maximum Gasteiger partial charge on any atom is 0.255 e. The van der Waals surface area contributed by atoms with Gasteiger partial charge in [0.1, 0.15) is 0 Å². The molecule has 9 rings (SSSR count). The van der Waals surface area contributed by atoms with Crippen LogP contribution in [0.3, 0.4) is 0 Å². The van der Waals surface area contributed by atoms with Gasteiger partial charge >= 0.3 is 0 Å². The van der Waals surface area contributed by atoms with E-state index in [1.54, 1.807) is 0 Å². The molecular weight excluding hydrogens is 753 g/mol. The highest BCUT2D eigenvalue weighted by Crippen LogP contribution is 2.37. The number of aromatic amines is 2. The van der Waals surface area contributed by atoms with Gasteiger partial charge in [0.25, 0.3) is 5.91 Å². The highest BCUT2D eigenvalue weighted by molar-refractivity contribution is 14.1. The summed E-state index contributed by atoms with van der Waals surface area (Å²) < 4.78 is 1.08. The fourth-order valence-electron chi connectivity index (χ4n) is 6.78. The summed E-state index contributed by atoms with van der Waals surface area (Å²) in [5.74, 6) is -0.156. The summed E-state index contributed by atoms with van der Waals surface area (Å²) in [6, 6.07) is 46.7. The van der Waals surface area contributed by atoms with Crippen LogP contribution in [-0.2, 0) is 0 Å². The lowest BCUT2D eigenvalue weighted by molar-refractivity contribution is 0.102. The Balaban J connectivity index is 1.29. The largest absolute Gasteiger partial charge is 0.355 e. The molecule has 6 nitrogen and oxygen atoms in total. The number of halogens is 1. The molecule has 2 aliphatic rings. The monoisotopic (exact) mass is 783 g/mol. The third-order valence-corrected chi connectivity index (χ3v) is 9.95. The van der Waals surface area contributed by atoms with E-state index >= 15 is 0 Å². The number of amides is 1. The molecule has 248 valence electrons. The van der Waals surface area contributed by atoms with E-state index in [9.17, 15) is 4.79 Å². The molecule has 3 N–H and O–H groups in total. The number of H-pyrrole nitrogens is 2. The van der Waals surface area contributed by atoms with Crippen LogP contribution in [0.25, 0.3) is 79.8 Å². The number of aromatic nitrogens is 4. The Labute approximate surface area is 313 Å². The maximum absolute atomic E-state index is 13.0. The SMILES string of the molecule is O=C(Nc1ccc(-c2c3nc(c(-c4ccccc4)c4ccc(cc5ccc([nH]5)c(-c5ccccc5)c5nc2C=C5)[nH]4)C=C3)cc1)c1ccc(I)cc1. The van der Waals surface area contributed by atoms with Crippen LogP contribution in [0.5, 0.6) is 0 Å². The third-order valence-electron chi connectivity index (χ3n) is 9.23. The van der Waals surface area contributed by atoms with Gasteiger partial charge in [0.05, 0.1) is 22.8 Å². The molecule has 0 fully saturated rings. The van der Waals surface area contributed by atoms with Crippen molar-refractivity contribution in [3.05, 3.63) is 171 Å². The van der Waals surface area contributed by atoms with Crippen LogP contribution in [0.4, 0.5) is 5.69 Å². The van der Waals surface area contributed by atoms with Gasteiger partial charge in [0.15, 0.2) is 0 Å². The summed E-state index contributed by atoms with van der Waals surface area (Å²) in [5.41, 5.74) is 14.5. The highest BCUT2D eigenvalue weighted by atomic mass is 127. The first kappa shape index (κ1) is 31.6. The molecule has 0 unspecified atom stereocenters. The summed E-state index contributed by atoms with van der Waals surface area (Å²) in [5, 5.41) is 3.04. The Morgan fingerprint density at radius 1 is 0.500 bits per heavy atom. The van der Waals surface area contributed by atoms with Crippen molar-refractivity contribution in [1.82, 2.24) is 19.9 Å². The van der Waals surface area contributed by atoms with E-state index in [4.69, 9.17) is 9.97 Å². The van der Waals surface area contributed by atoms with E-state index in [1.165, 1.54) is 0 Å². The zero-order valence-electron chi connectivity index (χ0n) is 27.8. The van der Waals surface area contributed by atoms with Crippen molar-refractivity contribution in [2.45, 2.75) is 0 Å². The molecular formula is C45H30IN5O. The molecule has 7 aromatic rings. The van der Waals surface area contributed by atoms with Gasteiger partial charge in [-0.15, -0.1) is 0 Å². The second-order valence-corrected chi connectivity index (χ2v) is 13.9. The first-order valence-corrected chi connectivity index (χ1v) is 18.1. The van der Waals surface area contributed by atoms with E-state index in [1.807, 2.05) is 84.9 Å². The predicted octanol–water partition coefficient (Wildman–Crippen LogP) is 11.5. The lowest BCUT2D eigenvalue weighted by atomic mass is 10.0. The van der Waals surface area contributed by atoms with Crippen molar-refractivity contribution in [2.24, 2.45) is 0 Å². The van der Waals surface area contributed by atoms with E-state index in [-0.39, 0.29) is 5.91 Å². The standard InChI is InChI=1S/C45H30IN5O/c46-32-15-11-31(12-16-32)45(52)49-33-17-13-30(14-18-33)44-40-25-23-38(50-40)42(28-7-3-1-4-8-28)36-21-19-34(47-36)27-35-20-22-37(48-35)43(29-9-5-2-6-10-29)39-24-26-41(44)51-39/h1-27,47-48H,(H,49,52). The molecule has 0 radical (unpaired) electrons. The molecule has 1 amide bonds. The number of carbonyl (C=O) groups excluding carboxylic acids is 1. The summed E-state index contributed by atoms with van der Waals surface area (Å²) in [6.07, 6.45) is 8.30. The van der Waals surface area contributed by atoms with Gasteiger partial charge in [-0.3, -0.25) is 4.79 Å². The molecule has 52 heavy (non-hydrogen) atoms. The zero-order chi connectivity index (χ0) is 35.0. The molecule has 3 aromatic heterocycles. The Bertz CT molecular complexity index is 2570. The summed E-state index contributed by atoms with van der Waals surface area (Å²) in [6.45, 7) is 0. The van der Waals surface area contributed by atoms with Crippen LogP contribution < -0.4 is 5.32 Å². The molecule has 0 aliphatic carbocycles. The van der Waals surface area contributed by atoms with Crippen LogP contribution in [0.1, 0.15) is 33.1 Å². The smallest absolute Gasteiger partial charge is 0.255 e. The van der Waals surface area contributed by atoms with Gasteiger partial charge in [-0.05, 0) is 130 Å². The van der Waals surface area contributed by atoms with Gasteiger partial charge in [-0.25, -0.2) is 9.97 Å². The van der Waals surface area contributed by atoms with Gasteiger partial charge in [0.2, 0.25) is 0 Å². The summed E-state index contributed by atoms with van der Waals surface area (Å²) >= 11 is 2.24. The molecule has 0 atom stereocenters. The molecule has 0 spiro atoms. The topological polar surface area (TPSA) is 86.5 Å². The van der Waals surface area contributed by atoms with Crippen LogP contribution in [-0.4, -0.2) is 25.8 Å². The van der Waals surface area contributed by atoms with Crippen LogP contribution in [0.2, 0.25) is 0 Å². The second-order valence-electron chi connectivity index (χ2n) is 12.6. The molecule has 0 saturated carbocycles. The third kappa shape index (κ3) is 6.16. The average molecular weight is 784 g/mol. The second kappa shape index (κ2) is 13.4. The highest BCUT2D eigenvalue weighted by Gasteiger charge is 2.19. The minimum absolute atomic E-state index is 0.156. The van der Waals surface area contributed by atoms with Crippen molar-refractivity contribution in [3.8, 4) is 33.4 Å². The normalized spacial score (nSPS) is 11.9. The van der Waals surface area contributed by atoms with Crippen molar-refractivity contribution >= 4 is 80.6 Å². The Morgan fingerprint density at radius 2 is 0.962 bits per heavy atom. The van der Waals surface area contributed by atoms with E-state index < -0.39 is 0 Å². The number of hydrogen-bond acceptors (Lipinski definition) is 3. The summed E-state index contributed by atoms with van der Waals surface area (Å²) in [7, 11) is 0. The first-order valence-electron chi connectivity index (χ1n) is 17.0. The van der Waals surface area contributed by atoms with Gasteiger partial charge in [-0.2, -0.15) is 0 Å². The molecule has 4 aromatic carbocycles. The fraction of sp³-hybridized carbons (Fsp3) is 0. The number of nitrogens with one attached hydrogen (secondary N) is 3.